The van der Waals surface area contributed by atoms with Crippen molar-refractivity contribution in [2.24, 2.45) is 17.6 Å². The molecule has 8 nitrogen and oxygen atoms in total. The molecule has 0 radical (unpaired) electrons. The lowest BCUT2D eigenvalue weighted by Crippen LogP contribution is -2.46. The number of nitrogens with one attached hydrogen (secondary N) is 2. The highest BCUT2D eigenvalue weighted by Crippen LogP contribution is 2.27. The van der Waals surface area contributed by atoms with Crippen LogP contribution in [-0.4, -0.2) is 47.7 Å². The van der Waals surface area contributed by atoms with Gasteiger partial charge in [0, 0.05) is 25.0 Å². The van der Waals surface area contributed by atoms with Crippen molar-refractivity contribution in [3.63, 3.8) is 0 Å². The van der Waals surface area contributed by atoms with Gasteiger partial charge < -0.3 is 21.3 Å². The summed E-state index contributed by atoms with van der Waals surface area (Å²) in [5.41, 5.74) is 5.69. The lowest BCUT2D eigenvalue weighted by atomic mass is 9.91. The second-order valence-corrected chi connectivity index (χ2v) is 8.20. The summed E-state index contributed by atoms with van der Waals surface area (Å²) in [4.78, 5) is 50.1. The van der Waals surface area contributed by atoms with Crippen LogP contribution in [0.15, 0.2) is 18.2 Å². The van der Waals surface area contributed by atoms with E-state index in [0.717, 1.165) is 6.42 Å². The Morgan fingerprint density at radius 1 is 1.21 bits per heavy atom. The number of carbonyl (C=O) groups is 4. The second-order valence-electron chi connectivity index (χ2n) is 7.76. The fraction of sp³-hybridized carbons (Fsp3) is 0.500. The van der Waals surface area contributed by atoms with Crippen LogP contribution in [0.3, 0.4) is 0 Å². The van der Waals surface area contributed by atoms with E-state index in [1.54, 1.807) is 11.0 Å². The van der Waals surface area contributed by atoms with Crippen LogP contribution >= 0.6 is 11.6 Å². The first-order valence-electron chi connectivity index (χ1n) is 9.52. The maximum atomic E-state index is 13.1. The molecular formula is C20H27ClN4O4. The lowest BCUT2D eigenvalue weighted by Gasteiger charge is -2.35. The smallest absolute Gasteiger partial charge is 0.256 e. The Hall–Kier alpha value is -2.61. The third kappa shape index (κ3) is 6.45. The standard InChI is InChI=1S/C20H27ClN4O4/c1-11-6-12(2)10-25(9-11)20(29)15-7-14(21)4-5-16(15)24-19(28)17(8-18(22)27)23-13(3)26/h4-5,7,11-12,17H,6,8-10H2,1-3H3,(H2,22,27)(H,23,26)(H,24,28)/t11-,12+,17?. The summed E-state index contributed by atoms with van der Waals surface area (Å²) in [6.07, 6.45) is 0.692. The lowest BCUT2D eigenvalue weighted by molar-refractivity contribution is -0.127. The van der Waals surface area contributed by atoms with E-state index in [1.165, 1.54) is 19.1 Å². The molecule has 1 aliphatic rings. The molecule has 4 N–H and O–H groups in total. The molecule has 0 saturated carbocycles. The third-order valence-electron chi connectivity index (χ3n) is 4.73. The molecule has 1 aromatic rings. The first-order valence-corrected chi connectivity index (χ1v) is 9.89. The minimum Gasteiger partial charge on any atom is -0.370 e. The van der Waals surface area contributed by atoms with Crippen LogP contribution in [0, 0.1) is 11.8 Å². The molecule has 29 heavy (non-hydrogen) atoms. The molecule has 0 aromatic heterocycles. The van der Waals surface area contributed by atoms with E-state index in [4.69, 9.17) is 17.3 Å². The van der Waals surface area contributed by atoms with E-state index in [0.29, 0.717) is 29.9 Å². The summed E-state index contributed by atoms with van der Waals surface area (Å²) < 4.78 is 0. The van der Waals surface area contributed by atoms with Crippen LogP contribution in [0.2, 0.25) is 5.02 Å². The van der Waals surface area contributed by atoms with Gasteiger partial charge in [-0.3, -0.25) is 19.2 Å². The number of amides is 4. The number of hydrogen-bond acceptors (Lipinski definition) is 4. The number of likely N-dealkylation sites (tertiary alicyclic amines) is 1. The van der Waals surface area contributed by atoms with Crippen molar-refractivity contribution in [2.45, 2.75) is 39.7 Å². The third-order valence-corrected chi connectivity index (χ3v) is 4.96. The van der Waals surface area contributed by atoms with E-state index in [9.17, 15) is 19.2 Å². The molecule has 1 unspecified atom stereocenters. The summed E-state index contributed by atoms with van der Waals surface area (Å²) in [5, 5.41) is 5.38. The van der Waals surface area contributed by atoms with Gasteiger partial charge in [-0.1, -0.05) is 25.4 Å². The Labute approximate surface area is 175 Å². The number of primary amides is 1. The Morgan fingerprint density at radius 3 is 2.38 bits per heavy atom. The number of nitrogens with two attached hydrogens (primary N) is 1. The predicted octanol–water partition coefficient (Wildman–Crippen LogP) is 1.78. The number of benzene rings is 1. The first-order chi connectivity index (χ1) is 13.6. The van der Waals surface area contributed by atoms with Gasteiger partial charge in [-0.15, -0.1) is 0 Å². The Balaban J connectivity index is 2.27. The summed E-state index contributed by atoms with van der Waals surface area (Å²) in [5.74, 6) is -1.33. The van der Waals surface area contributed by atoms with Crippen LogP contribution in [-0.2, 0) is 14.4 Å². The maximum Gasteiger partial charge on any atom is 0.256 e. The molecule has 1 heterocycles. The first kappa shape index (κ1) is 22.7. The SMILES string of the molecule is CC(=O)NC(CC(N)=O)C(=O)Nc1ccc(Cl)cc1C(=O)N1C[C@H](C)C[C@H](C)C1. The van der Waals surface area contributed by atoms with Crippen molar-refractivity contribution in [1.29, 1.82) is 0 Å². The zero-order valence-corrected chi connectivity index (χ0v) is 17.6. The molecule has 0 spiro atoms. The van der Waals surface area contributed by atoms with E-state index in [1.807, 2.05) is 0 Å². The maximum absolute atomic E-state index is 13.1. The zero-order chi connectivity index (χ0) is 21.7. The zero-order valence-electron chi connectivity index (χ0n) is 16.8. The minimum atomic E-state index is -1.14. The van der Waals surface area contributed by atoms with Crippen LogP contribution in [0.5, 0.6) is 0 Å². The van der Waals surface area contributed by atoms with Crippen molar-refractivity contribution in [3.05, 3.63) is 28.8 Å². The largest absolute Gasteiger partial charge is 0.370 e. The molecule has 0 aliphatic carbocycles. The van der Waals surface area contributed by atoms with Crippen molar-refractivity contribution >= 4 is 40.9 Å². The minimum absolute atomic E-state index is 0.229. The predicted molar refractivity (Wildman–Crippen MR) is 110 cm³/mol. The van der Waals surface area contributed by atoms with Gasteiger partial charge in [0.25, 0.3) is 5.91 Å². The monoisotopic (exact) mass is 422 g/mol. The van der Waals surface area contributed by atoms with Crippen LogP contribution in [0.4, 0.5) is 5.69 Å². The number of rotatable bonds is 6. The number of nitrogens with zero attached hydrogens (tertiary/aromatic N) is 1. The highest BCUT2D eigenvalue weighted by Gasteiger charge is 2.29. The summed E-state index contributed by atoms with van der Waals surface area (Å²) in [6.45, 7) is 6.67. The molecule has 1 saturated heterocycles. The Kier molecular flexibility index (Phi) is 7.61. The average molecular weight is 423 g/mol. The van der Waals surface area contributed by atoms with Crippen molar-refractivity contribution in [3.8, 4) is 0 Å². The number of carbonyl (C=O) groups excluding carboxylic acids is 4. The van der Waals surface area contributed by atoms with Gasteiger partial charge in [0.15, 0.2) is 0 Å². The molecule has 9 heteroatoms. The van der Waals surface area contributed by atoms with Crippen LogP contribution in [0.25, 0.3) is 0 Å². The molecule has 2 rings (SSSR count). The fourth-order valence-electron chi connectivity index (χ4n) is 3.68. The summed E-state index contributed by atoms with van der Waals surface area (Å²) in [6, 6.07) is 3.44. The molecular weight excluding hydrogens is 396 g/mol. The highest BCUT2D eigenvalue weighted by molar-refractivity contribution is 6.31. The summed E-state index contributed by atoms with van der Waals surface area (Å²) in [7, 11) is 0. The molecule has 0 bridgehead atoms. The van der Waals surface area contributed by atoms with E-state index in [-0.39, 0.29) is 23.6 Å². The van der Waals surface area contributed by atoms with E-state index >= 15 is 0 Å². The Bertz CT molecular complexity index is 788. The number of piperidine rings is 1. The topological polar surface area (TPSA) is 122 Å². The van der Waals surface area contributed by atoms with Crippen LogP contribution in [0.1, 0.15) is 44.0 Å². The number of halogens is 1. The fourth-order valence-corrected chi connectivity index (χ4v) is 3.85. The molecule has 1 aliphatic heterocycles. The quantitative estimate of drug-likeness (QED) is 0.646. The number of hydrogen-bond donors (Lipinski definition) is 3. The Morgan fingerprint density at radius 2 is 1.83 bits per heavy atom. The normalized spacial score (nSPS) is 19.9. The van der Waals surface area contributed by atoms with Crippen molar-refractivity contribution in [1.82, 2.24) is 10.2 Å². The molecule has 3 atom stereocenters. The van der Waals surface area contributed by atoms with Crippen molar-refractivity contribution in [2.75, 3.05) is 18.4 Å². The molecule has 4 amide bonds. The molecule has 1 fully saturated rings. The molecule has 1 aromatic carbocycles. The second kappa shape index (κ2) is 9.73. The van der Waals surface area contributed by atoms with Crippen molar-refractivity contribution < 1.29 is 19.2 Å². The molecule has 158 valence electrons. The highest BCUT2D eigenvalue weighted by atomic mass is 35.5. The average Bonchev–Trinajstić information content (AvgIpc) is 2.60. The van der Waals surface area contributed by atoms with Crippen LogP contribution < -0.4 is 16.4 Å². The van der Waals surface area contributed by atoms with E-state index in [2.05, 4.69) is 24.5 Å². The number of anilines is 1. The van der Waals surface area contributed by atoms with Gasteiger partial charge in [0.05, 0.1) is 17.7 Å². The van der Waals surface area contributed by atoms with E-state index < -0.39 is 23.8 Å². The van der Waals surface area contributed by atoms with Gasteiger partial charge in [-0.25, -0.2) is 0 Å². The van der Waals surface area contributed by atoms with Gasteiger partial charge in [0.1, 0.15) is 6.04 Å². The summed E-state index contributed by atoms with van der Waals surface area (Å²) >= 11 is 6.09. The van der Waals surface area contributed by atoms with Gasteiger partial charge in [-0.05, 0) is 36.5 Å². The van der Waals surface area contributed by atoms with Gasteiger partial charge in [0.2, 0.25) is 17.7 Å². The van der Waals surface area contributed by atoms with Gasteiger partial charge >= 0.3 is 0 Å². The van der Waals surface area contributed by atoms with Gasteiger partial charge in [-0.2, -0.15) is 0 Å².